The van der Waals surface area contributed by atoms with E-state index < -0.39 is 29.9 Å². The molecule has 0 bridgehead atoms. The predicted molar refractivity (Wildman–Crippen MR) is 119 cm³/mol. The number of anilines is 1. The lowest BCUT2D eigenvalue weighted by molar-refractivity contribution is -0.0767. The molecule has 9 heteroatoms. The van der Waals surface area contributed by atoms with Crippen molar-refractivity contribution in [2.45, 2.75) is 24.4 Å². The monoisotopic (exact) mass is 429 g/mol. The summed E-state index contributed by atoms with van der Waals surface area (Å²) in [6.07, 6.45) is -2.67. The first kappa shape index (κ1) is 18.9. The third-order valence-corrected chi connectivity index (χ3v) is 6.22. The van der Waals surface area contributed by atoms with Crippen LogP contribution in [0.25, 0.3) is 32.7 Å². The highest BCUT2D eigenvalue weighted by Gasteiger charge is 2.42. The summed E-state index contributed by atoms with van der Waals surface area (Å²) in [5, 5.41) is 39.1. The molecular weight excluding hydrogens is 410 g/mol. The molecule has 3 aromatic carbocycles. The molecule has 0 saturated heterocycles. The molecule has 0 unspecified atom stereocenters. The lowest BCUT2D eigenvalue weighted by Crippen LogP contribution is -2.44. The van der Waals surface area contributed by atoms with Crippen molar-refractivity contribution in [1.29, 1.82) is 0 Å². The summed E-state index contributed by atoms with van der Waals surface area (Å²) in [5.74, 6) is 0.102. The Morgan fingerprint density at radius 1 is 0.938 bits per heavy atom. The molecule has 0 radical (unpaired) electrons. The number of fused-ring (bicyclic) bond motifs is 6. The molecule has 0 amide bonds. The standard InChI is InChI=1S/C23H19N5O4/c29-18-13-8-7-11-6-5-10-3-1-2-4-12(10)14(11)15(13)16(19(30)20(18)31)26-23-27-21-17(22(32)28-23)24-9-25-21/h1-9,16,18-20,29-31H,(H3,24,25,26,27,28,32)/t16-,18+,19+,20-/m0/s1. The molecule has 5 aromatic rings. The van der Waals surface area contributed by atoms with E-state index in [0.29, 0.717) is 11.1 Å². The van der Waals surface area contributed by atoms with Crippen molar-refractivity contribution in [3.05, 3.63) is 76.3 Å². The van der Waals surface area contributed by atoms with Crippen molar-refractivity contribution in [2.75, 3.05) is 5.32 Å². The number of aliphatic hydroxyl groups is 3. The summed E-state index contributed by atoms with van der Waals surface area (Å²) in [6.45, 7) is 0. The highest BCUT2D eigenvalue weighted by atomic mass is 16.4. The maximum atomic E-state index is 12.4. The van der Waals surface area contributed by atoms with Gasteiger partial charge in [-0.15, -0.1) is 0 Å². The number of imidazole rings is 1. The van der Waals surface area contributed by atoms with Gasteiger partial charge in [0.1, 0.15) is 18.3 Å². The van der Waals surface area contributed by atoms with Crippen LogP contribution in [0, 0.1) is 0 Å². The smallest absolute Gasteiger partial charge is 0.278 e. The lowest BCUT2D eigenvalue weighted by atomic mass is 9.78. The van der Waals surface area contributed by atoms with Crippen LogP contribution in [0.15, 0.2) is 59.7 Å². The Bertz CT molecular complexity index is 1560. The van der Waals surface area contributed by atoms with Gasteiger partial charge < -0.3 is 25.6 Å². The largest absolute Gasteiger partial charge is 0.388 e. The molecule has 0 spiro atoms. The second-order valence-corrected chi connectivity index (χ2v) is 8.02. The quantitative estimate of drug-likeness (QED) is 0.235. The summed E-state index contributed by atoms with van der Waals surface area (Å²) in [4.78, 5) is 26.1. The Kier molecular flexibility index (Phi) is 4.06. The maximum Gasteiger partial charge on any atom is 0.278 e. The summed E-state index contributed by atoms with van der Waals surface area (Å²) >= 11 is 0. The topological polar surface area (TPSA) is 147 Å². The fraction of sp³-hybridized carbons (Fsp3) is 0.174. The number of aromatic amines is 2. The van der Waals surface area contributed by atoms with Gasteiger partial charge in [0, 0.05) is 0 Å². The fourth-order valence-corrected chi connectivity index (χ4v) is 4.69. The maximum absolute atomic E-state index is 12.4. The summed E-state index contributed by atoms with van der Waals surface area (Å²) in [6, 6.07) is 14.6. The normalized spacial score (nSPS) is 23.0. The second kappa shape index (κ2) is 6.86. The average molecular weight is 429 g/mol. The molecule has 6 rings (SSSR count). The number of aliphatic hydroxyl groups excluding tert-OH is 3. The molecule has 1 aliphatic rings. The zero-order valence-corrected chi connectivity index (χ0v) is 16.6. The van der Waals surface area contributed by atoms with E-state index in [-0.39, 0.29) is 17.1 Å². The molecule has 2 heterocycles. The zero-order chi connectivity index (χ0) is 22.0. The Balaban J connectivity index is 1.62. The predicted octanol–water partition coefficient (Wildman–Crippen LogP) is 1.87. The van der Waals surface area contributed by atoms with Crippen molar-refractivity contribution < 1.29 is 15.3 Å². The molecule has 4 atom stereocenters. The second-order valence-electron chi connectivity index (χ2n) is 8.02. The highest BCUT2D eigenvalue weighted by Crippen LogP contribution is 2.44. The van der Waals surface area contributed by atoms with Crippen LogP contribution in [-0.2, 0) is 0 Å². The number of H-pyrrole nitrogens is 2. The molecule has 0 fully saturated rings. The van der Waals surface area contributed by atoms with E-state index >= 15 is 0 Å². The third kappa shape index (κ3) is 2.65. The minimum Gasteiger partial charge on any atom is -0.388 e. The van der Waals surface area contributed by atoms with Crippen LogP contribution in [0.4, 0.5) is 5.95 Å². The van der Waals surface area contributed by atoms with Gasteiger partial charge in [0.15, 0.2) is 11.2 Å². The van der Waals surface area contributed by atoms with Gasteiger partial charge in [0.25, 0.3) is 5.56 Å². The molecule has 9 nitrogen and oxygen atoms in total. The van der Waals surface area contributed by atoms with Gasteiger partial charge in [-0.2, -0.15) is 4.98 Å². The van der Waals surface area contributed by atoms with E-state index in [1.54, 1.807) is 6.07 Å². The molecule has 2 aromatic heterocycles. The zero-order valence-electron chi connectivity index (χ0n) is 16.6. The minimum atomic E-state index is -1.42. The van der Waals surface area contributed by atoms with Crippen LogP contribution >= 0.6 is 0 Å². The molecule has 0 aliphatic heterocycles. The van der Waals surface area contributed by atoms with Crippen LogP contribution in [-0.4, -0.2) is 47.5 Å². The van der Waals surface area contributed by atoms with Crippen molar-refractivity contribution in [3.63, 3.8) is 0 Å². The Morgan fingerprint density at radius 3 is 2.59 bits per heavy atom. The first-order valence-corrected chi connectivity index (χ1v) is 10.2. The van der Waals surface area contributed by atoms with Crippen LogP contribution in [0.3, 0.4) is 0 Å². The van der Waals surface area contributed by atoms with Gasteiger partial charge in [0.2, 0.25) is 5.95 Å². The third-order valence-electron chi connectivity index (χ3n) is 6.22. The van der Waals surface area contributed by atoms with Crippen LogP contribution in [0.2, 0.25) is 0 Å². The SMILES string of the molecule is O=c1[nH]c(N[C@H]2c3c(ccc4ccc5ccccc5c34)[C@@H](O)[C@H](O)[C@@H]2O)nc2nc[nH]c12. The van der Waals surface area contributed by atoms with E-state index in [4.69, 9.17) is 0 Å². The number of hydrogen-bond acceptors (Lipinski definition) is 7. The van der Waals surface area contributed by atoms with E-state index in [0.717, 1.165) is 21.5 Å². The molecule has 32 heavy (non-hydrogen) atoms. The van der Waals surface area contributed by atoms with Gasteiger partial charge in [0.05, 0.1) is 12.4 Å². The lowest BCUT2D eigenvalue weighted by Gasteiger charge is -2.38. The van der Waals surface area contributed by atoms with Crippen molar-refractivity contribution in [2.24, 2.45) is 0 Å². The van der Waals surface area contributed by atoms with E-state index in [1.165, 1.54) is 6.33 Å². The number of rotatable bonds is 2. The Labute approximate surface area is 180 Å². The fourth-order valence-electron chi connectivity index (χ4n) is 4.69. The van der Waals surface area contributed by atoms with Gasteiger partial charge in [-0.05, 0) is 32.7 Å². The van der Waals surface area contributed by atoms with Crippen molar-refractivity contribution in [3.8, 4) is 0 Å². The molecule has 160 valence electrons. The molecule has 0 saturated carbocycles. The minimum absolute atomic E-state index is 0.102. The van der Waals surface area contributed by atoms with Crippen molar-refractivity contribution >= 4 is 38.7 Å². The van der Waals surface area contributed by atoms with Crippen molar-refractivity contribution in [1.82, 2.24) is 19.9 Å². The Hall–Kier alpha value is -3.79. The van der Waals surface area contributed by atoms with Gasteiger partial charge in [-0.25, -0.2) is 4.98 Å². The van der Waals surface area contributed by atoms with E-state index in [9.17, 15) is 20.1 Å². The number of hydrogen-bond donors (Lipinski definition) is 6. The molecule has 1 aliphatic carbocycles. The van der Waals surface area contributed by atoms with Crippen LogP contribution in [0.5, 0.6) is 0 Å². The van der Waals surface area contributed by atoms with Gasteiger partial charge in [-0.3, -0.25) is 9.78 Å². The van der Waals surface area contributed by atoms with Crippen LogP contribution < -0.4 is 10.9 Å². The Morgan fingerprint density at radius 2 is 1.72 bits per heavy atom. The van der Waals surface area contributed by atoms with E-state index in [1.807, 2.05) is 42.5 Å². The van der Waals surface area contributed by atoms with Gasteiger partial charge >= 0.3 is 0 Å². The summed E-state index contributed by atoms with van der Waals surface area (Å²) in [7, 11) is 0. The number of benzene rings is 3. The van der Waals surface area contributed by atoms with Crippen LogP contribution in [0.1, 0.15) is 23.3 Å². The number of nitrogens with one attached hydrogen (secondary N) is 3. The average Bonchev–Trinajstić information content (AvgIpc) is 3.29. The summed E-state index contributed by atoms with van der Waals surface area (Å²) < 4.78 is 0. The molecular formula is C23H19N5O4. The first-order chi connectivity index (χ1) is 15.5. The summed E-state index contributed by atoms with van der Waals surface area (Å²) in [5.41, 5.74) is 1.21. The number of aromatic nitrogens is 4. The van der Waals surface area contributed by atoms with E-state index in [2.05, 4.69) is 25.3 Å². The molecule has 6 N–H and O–H groups in total. The number of nitrogens with zero attached hydrogens (tertiary/aromatic N) is 2. The van der Waals surface area contributed by atoms with Gasteiger partial charge in [-0.1, -0.05) is 48.5 Å². The first-order valence-electron chi connectivity index (χ1n) is 10.2. The highest BCUT2D eigenvalue weighted by molar-refractivity contribution is 6.10.